The zero-order chi connectivity index (χ0) is 13.8. The summed E-state index contributed by atoms with van der Waals surface area (Å²) in [5, 5.41) is 18.7. The number of phenols is 2. The molecule has 19 heavy (non-hydrogen) atoms. The molecule has 3 nitrogen and oxygen atoms in total. The Labute approximate surface area is 109 Å². The Morgan fingerprint density at radius 1 is 1.05 bits per heavy atom. The van der Waals surface area contributed by atoms with Gasteiger partial charge in [0.05, 0.1) is 5.56 Å². The third-order valence-corrected chi connectivity index (χ3v) is 2.54. The van der Waals surface area contributed by atoms with Crippen molar-refractivity contribution in [3.63, 3.8) is 0 Å². The van der Waals surface area contributed by atoms with Crippen LogP contribution in [0.4, 0.5) is 4.39 Å². The number of rotatable bonds is 3. The molecular formula is C15H11FO3. The Balaban J connectivity index is 2.18. The first-order chi connectivity index (χ1) is 9.06. The molecule has 0 aliphatic heterocycles. The van der Waals surface area contributed by atoms with Crippen LogP contribution in [-0.4, -0.2) is 16.0 Å². The summed E-state index contributed by atoms with van der Waals surface area (Å²) < 4.78 is 12.7. The molecule has 2 rings (SSSR count). The predicted molar refractivity (Wildman–Crippen MR) is 69.5 cm³/mol. The van der Waals surface area contributed by atoms with E-state index in [0.29, 0.717) is 5.56 Å². The van der Waals surface area contributed by atoms with Crippen LogP contribution in [0.3, 0.4) is 0 Å². The number of aromatic hydroxyl groups is 2. The summed E-state index contributed by atoms with van der Waals surface area (Å²) in [4.78, 5) is 11.8. The summed E-state index contributed by atoms with van der Waals surface area (Å²) in [6.07, 6.45) is 2.80. The number of allylic oxidation sites excluding steroid dienone is 1. The second-order valence-electron chi connectivity index (χ2n) is 3.95. The maximum atomic E-state index is 12.7. The lowest BCUT2D eigenvalue weighted by Crippen LogP contribution is -1.94. The van der Waals surface area contributed by atoms with E-state index in [1.54, 1.807) is 0 Å². The Morgan fingerprint density at radius 3 is 2.37 bits per heavy atom. The topological polar surface area (TPSA) is 57.5 Å². The quantitative estimate of drug-likeness (QED) is 0.657. The average Bonchev–Trinajstić information content (AvgIpc) is 2.37. The van der Waals surface area contributed by atoms with E-state index in [1.807, 2.05) is 0 Å². The minimum atomic E-state index is -0.401. The number of halogens is 1. The van der Waals surface area contributed by atoms with Gasteiger partial charge in [0.25, 0.3) is 0 Å². The monoisotopic (exact) mass is 258 g/mol. The minimum absolute atomic E-state index is 0.0937. The molecule has 0 aromatic heterocycles. The second kappa shape index (κ2) is 5.35. The number of benzene rings is 2. The lowest BCUT2D eigenvalue weighted by atomic mass is 10.1. The van der Waals surface area contributed by atoms with Gasteiger partial charge >= 0.3 is 0 Å². The van der Waals surface area contributed by atoms with Gasteiger partial charge in [-0.2, -0.15) is 0 Å². The first-order valence-electron chi connectivity index (χ1n) is 5.56. The lowest BCUT2D eigenvalue weighted by Gasteiger charge is -2.00. The summed E-state index contributed by atoms with van der Waals surface area (Å²) in [5.74, 6) is -1.15. The summed E-state index contributed by atoms with van der Waals surface area (Å²) in [6.45, 7) is 0. The van der Waals surface area contributed by atoms with Gasteiger partial charge in [0.1, 0.15) is 17.3 Å². The molecule has 2 aromatic rings. The van der Waals surface area contributed by atoms with Crippen molar-refractivity contribution < 1.29 is 19.4 Å². The molecule has 0 saturated heterocycles. The van der Waals surface area contributed by atoms with Crippen molar-refractivity contribution in [3.8, 4) is 11.5 Å². The molecule has 0 radical (unpaired) electrons. The van der Waals surface area contributed by atoms with Crippen LogP contribution in [0, 0.1) is 5.82 Å². The maximum absolute atomic E-state index is 12.7. The van der Waals surface area contributed by atoms with Gasteiger partial charge in [-0.3, -0.25) is 4.79 Å². The Morgan fingerprint density at radius 2 is 1.74 bits per heavy atom. The SMILES string of the molecule is O=C(/C=C/c1ccc(F)cc1)c1ccc(O)cc1O. The lowest BCUT2D eigenvalue weighted by molar-refractivity contribution is 0.104. The second-order valence-corrected chi connectivity index (χ2v) is 3.95. The number of hydrogen-bond donors (Lipinski definition) is 2. The van der Waals surface area contributed by atoms with Gasteiger partial charge in [-0.1, -0.05) is 18.2 Å². The Hall–Kier alpha value is -2.62. The van der Waals surface area contributed by atoms with E-state index in [0.717, 1.165) is 6.07 Å². The van der Waals surface area contributed by atoms with E-state index in [2.05, 4.69) is 0 Å². The number of carbonyl (C=O) groups is 1. The normalized spacial score (nSPS) is 10.8. The molecule has 0 unspecified atom stereocenters. The molecule has 2 N–H and O–H groups in total. The van der Waals surface area contributed by atoms with E-state index in [4.69, 9.17) is 5.11 Å². The fourth-order valence-electron chi connectivity index (χ4n) is 1.56. The van der Waals surface area contributed by atoms with Crippen LogP contribution in [0.25, 0.3) is 6.08 Å². The van der Waals surface area contributed by atoms with Crippen molar-refractivity contribution in [3.05, 3.63) is 65.5 Å². The van der Waals surface area contributed by atoms with Crippen molar-refractivity contribution in [1.29, 1.82) is 0 Å². The molecule has 0 aliphatic carbocycles. The molecule has 0 amide bonds. The van der Waals surface area contributed by atoms with Gasteiger partial charge in [-0.25, -0.2) is 4.39 Å². The summed E-state index contributed by atoms with van der Waals surface area (Å²) in [7, 11) is 0. The fraction of sp³-hybridized carbons (Fsp3) is 0. The Bertz CT molecular complexity index is 630. The highest BCUT2D eigenvalue weighted by Gasteiger charge is 2.08. The van der Waals surface area contributed by atoms with Crippen molar-refractivity contribution in [2.45, 2.75) is 0 Å². The smallest absolute Gasteiger partial charge is 0.189 e. The van der Waals surface area contributed by atoms with Crippen LogP contribution in [0.15, 0.2) is 48.5 Å². The zero-order valence-corrected chi connectivity index (χ0v) is 9.88. The first-order valence-corrected chi connectivity index (χ1v) is 5.56. The van der Waals surface area contributed by atoms with E-state index in [-0.39, 0.29) is 22.9 Å². The highest BCUT2D eigenvalue weighted by molar-refractivity contribution is 6.08. The number of ketones is 1. The van der Waals surface area contributed by atoms with Crippen LogP contribution in [-0.2, 0) is 0 Å². The van der Waals surface area contributed by atoms with Crippen molar-refractivity contribution in [2.24, 2.45) is 0 Å². The van der Waals surface area contributed by atoms with Gasteiger partial charge in [0.2, 0.25) is 0 Å². The van der Waals surface area contributed by atoms with Gasteiger partial charge in [-0.05, 0) is 35.9 Å². The number of carbonyl (C=O) groups excluding carboxylic acids is 1. The molecule has 2 aromatic carbocycles. The van der Waals surface area contributed by atoms with Gasteiger partial charge in [0.15, 0.2) is 5.78 Å². The molecule has 0 spiro atoms. The van der Waals surface area contributed by atoms with Crippen LogP contribution in [0.2, 0.25) is 0 Å². The molecule has 4 heteroatoms. The van der Waals surface area contributed by atoms with E-state index < -0.39 is 5.78 Å². The highest BCUT2D eigenvalue weighted by Crippen LogP contribution is 2.23. The molecule has 0 aliphatic rings. The average molecular weight is 258 g/mol. The molecule has 0 saturated carbocycles. The molecule has 0 heterocycles. The van der Waals surface area contributed by atoms with E-state index in [1.165, 1.54) is 48.6 Å². The molecule has 0 fully saturated rings. The summed E-state index contributed by atoms with van der Waals surface area (Å²) in [5.41, 5.74) is 0.768. The van der Waals surface area contributed by atoms with Gasteiger partial charge in [-0.15, -0.1) is 0 Å². The van der Waals surface area contributed by atoms with Crippen molar-refractivity contribution in [2.75, 3.05) is 0 Å². The number of hydrogen-bond acceptors (Lipinski definition) is 3. The largest absolute Gasteiger partial charge is 0.508 e. The van der Waals surface area contributed by atoms with Crippen LogP contribution in [0.5, 0.6) is 11.5 Å². The molecule has 96 valence electrons. The van der Waals surface area contributed by atoms with Crippen molar-refractivity contribution in [1.82, 2.24) is 0 Å². The third kappa shape index (κ3) is 3.19. The standard InChI is InChI=1S/C15H11FO3/c16-11-4-1-10(2-5-11)3-8-14(18)13-7-6-12(17)9-15(13)19/h1-9,17,19H/b8-3+. The van der Waals surface area contributed by atoms with Crippen molar-refractivity contribution >= 4 is 11.9 Å². The van der Waals surface area contributed by atoms with Gasteiger partial charge < -0.3 is 10.2 Å². The first kappa shape index (κ1) is 12.8. The predicted octanol–water partition coefficient (Wildman–Crippen LogP) is 3.13. The maximum Gasteiger partial charge on any atom is 0.189 e. The number of phenolic OH excluding ortho intramolecular Hbond substituents is 2. The van der Waals surface area contributed by atoms with Crippen LogP contribution >= 0.6 is 0 Å². The Kier molecular flexibility index (Phi) is 3.61. The molecule has 0 bridgehead atoms. The molecule has 0 atom stereocenters. The molecular weight excluding hydrogens is 247 g/mol. The fourth-order valence-corrected chi connectivity index (χ4v) is 1.56. The highest BCUT2D eigenvalue weighted by atomic mass is 19.1. The summed E-state index contributed by atoms with van der Waals surface area (Å²) >= 11 is 0. The van der Waals surface area contributed by atoms with Gasteiger partial charge in [0, 0.05) is 6.07 Å². The zero-order valence-electron chi connectivity index (χ0n) is 9.88. The van der Waals surface area contributed by atoms with Crippen LogP contribution < -0.4 is 0 Å². The van der Waals surface area contributed by atoms with Crippen LogP contribution in [0.1, 0.15) is 15.9 Å². The summed E-state index contributed by atoms with van der Waals surface area (Å²) in [6, 6.07) is 9.41. The minimum Gasteiger partial charge on any atom is -0.508 e. The third-order valence-electron chi connectivity index (χ3n) is 2.54. The van der Waals surface area contributed by atoms with E-state index in [9.17, 15) is 14.3 Å². The van der Waals surface area contributed by atoms with E-state index >= 15 is 0 Å².